The van der Waals surface area contributed by atoms with Crippen molar-refractivity contribution in [2.24, 2.45) is 0 Å². The van der Waals surface area contributed by atoms with Gasteiger partial charge in [0, 0.05) is 6.07 Å². The van der Waals surface area contributed by atoms with Crippen LogP contribution in [0.15, 0.2) is 24.4 Å². The summed E-state index contributed by atoms with van der Waals surface area (Å²) in [6.07, 6.45) is 1.84. The zero-order chi connectivity index (χ0) is 6.69. The first-order valence-electron chi connectivity index (χ1n) is 3.02. The van der Waals surface area contributed by atoms with Gasteiger partial charge in [0.05, 0.1) is 6.07 Å². The monoisotopic (exact) mass is 124 g/mol. The van der Waals surface area contributed by atoms with Gasteiger partial charge in [0.25, 0.3) is 0 Å². The Balaban J connectivity index is 3.01. The van der Waals surface area contributed by atoms with E-state index in [0.29, 0.717) is 5.88 Å². The summed E-state index contributed by atoms with van der Waals surface area (Å²) >= 11 is 0. The molecule has 2 heteroatoms. The van der Waals surface area contributed by atoms with Crippen LogP contribution < -0.4 is 4.57 Å². The van der Waals surface area contributed by atoms with Gasteiger partial charge < -0.3 is 5.11 Å². The lowest BCUT2D eigenvalue weighted by atomic mass is 10.4. The minimum atomic E-state index is 0.319. The predicted octanol–water partition coefficient (Wildman–Crippen LogP) is 0.700. The number of aromatic nitrogens is 1. The molecule has 0 aliphatic heterocycles. The van der Waals surface area contributed by atoms with Crippen LogP contribution in [0.1, 0.15) is 6.92 Å². The van der Waals surface area contributed by atoms with Crippen LogP contribution in [0.25, 0.3) is 0 Å². The summed E-state index contributed by atoms with van der Waals surface area (Å²) in [7, 11) is 0. The van der Waals surface area contributed by atoms with Crippen molar-refractivity contribution in [2.75, 3.05) is 0 Å². The van der Waals surface area contributed by atoms with Gasteiger partial charge in [0.1, 0.15) is 6.54 Å². The first kappa shape index (κ1) is 6.08. The van der Waals surface area contributed by atoms with E-state index in [4.69, 9.17) is 5.11 Å². The van der Waals surface area contributed by atoms with Crippen LogP contribution in [-0.2, 0) is 6.54 Å². The largest absolute Gasteiger partial charge is 0.460 e. The van der Waals surface area contributed by atoms with E-state index < -0.39 is 0 Å². The Morgan fingerprint density at radius 2 is 2.33 bits per heavy atom. The summed E-state index contributed by atoms with van der Waals surface area (Å²) in [6, 6.07) is 5.37. The van der Waals surface area contributed by atoms with Gasteiger partial charge in [-0.2, -0.15) is 4.57 Å². The van der Waals surface area contributed by atoms with Crippen molar-refractivity contribution < 1.29 is 9.67 Å². The van der Waals surface area contributed by atoms with E-state index in [0.717, 1.165) is 6.54 Å². The second kappa shape index (κ2) is 2.49. The molecule has 0 saturated carbocycles. The van der Waals surface area contributed by atoms with Crippen molar-refractivity contribution in [3.8, 4) is 5.88 Å². The third-order valence-corrected chi connectivity index (χ3v) is 1.26. The molecule has 0 radical (unpaired) electrons. The Kier molecular flexibility index (Phi) is 1.68. The highest BCUT2D eigenvalue weighted by molar-refractivity contribution is 4.99. The molecule has 1 rings (SSSR count). The summed E-state index contributed by atoms with van der Waals surface area (Å²) in [5.74, 6) is 0.319. The molecule has 48 valence electrons. The molecule has 1 N–H and O–H groups in total. The zero-order valence-corrected chi connectivity index (χ0v) is 5.41. The maximum absolute atomic E-state index is 9.07. The lowest BCUT2D eigenvalue weighted by Gasteiger charge is -1.90. The smallest absolute Gasteiger partial charge is 0.365 e. The number of nitrogens with zero attached hydrogens (tertiary/aromatic N) is 1. The third kappa shape index (κ3) is 1.19. The predicted molar refractivity (Wildman–Crippen MR) is 34.0 cm³/mol. The summed E-state index contributed by atoms with van der Waals surface area (Å²) in [5.41, 5.74) is 0. The highest BCUT2D eigenvalue weighted by atomic mass is 16.3. The van der Waals surface area contributed by atoms with Gasteiger partial charge in [0.15, 0.2) is 6.20 Å². The number of hydrogen-bond donors (Lipinski definition) is 1. The molecule has 1 heterocycles. The van der Waals surface area contributed by atoms with Gasteiger partial charge in [-0.15, -0.1) is 0 Å². The van der Waals surface area contributed by atoms with E-state index in [9.17, 15) is 0 Å². The van der Waals surface area contributed by atoms with E-state index in [2.05, 4.69) is 0 Å². The molecule has 1 aromatic rings. The third-order valence-electron chi connectivity index (χ3n) is 1.26. The van der Waals surface area contributed by atoms with Crippen LogP contribution in [0.5, 0.6) is 5.88 Å². The maximum atomic E-state index is 9.07. The molecule has 0 bridgehead atoms. The Bertz CT molecular complexity index is 198. The Hall–Kier alpha value is -1.05. The van der Waals surface area contributed by atoms with E-state index >= 15 is 0 Å². The Morgan fingerprint density at radius 1 is 1.56 bits per heavy atom. The van der Waals surface area contributed by atoms with Crippen LogP contribution in [0, 0.1) is 0 Å². The molecule has 0 unspecified atom stereocenters. The fraction of sp³-hybridized carbons (Fsp3) is 0.286. The van der Waals surface area contributed by atoms with Gasteiger partial charge in [-0.3, -0.25) is 0 Å². The number of aryl methyl sites for hydroxylation is 1. The molecule has 1 aromatic heterocycles. The molecule has 0 saturated heterocycles. The molecule has 0 aliphatic carbocycles. The lowest BCUT2D eigenvalue weighted by molar-refractivity contribution is -0.699. The molecule has 0 fully saturated rings. The minimum Gasteiger partial charge on any atom is -0.460 e. The average molecular weight is 124 g/mol. The molecule has 0 spiro atoms. The average Bonchev–Trinajstić information content (AvgIpc) is 1.89. The Morgan fingerprint density at radius 3 is 2.78 bits per heavy atom. The second-order valence-corrected chi connectivity index (χ2v) is 1.84. The maximum Gasteiger partial charge on any atom is 0.365 e. The first-order valence-corrected chi connectivity index (χ1v) is 3.02. The van der Waals surface area contributed by atoms with Crippen molar-refractivity contribution in [3.05, 3.63) is 24.4 Å². The SMILES string of the molecule is CC[n+]1ccccc1O. The van der Waals surface area contributed by atoms with Crippen molar-refractivity contribution >= 4 is 0 Å². The van der Waals surface area contributed by atoms with Crippen LogP contribution in [0.3, 0.4) is 0 Å². The standard InChI is InChI=1S/C7H9NO/c1-2-8-6-4-3-5-7(8)9/h3-6H,2H2,1H3/p+1. The lowest BCUT2D eigenvalue weighted by Crippen LogP contribution is -2.31. The second-order valence-electron chi connectivity index (χ2n) is 1.84. The zero-order valence-electron chi connectivity index (χ0n) is 5.41. The highest BCUT2D eigenvalue weighted by Gasteiger charge is 2.00. The summed E-state index contributed by atoms with van der Waals surface area (Å²) in [5, 5.41) is 9.07. The molecule has 0 aromatic carbocycles. The number of aromatic hydroxyl groups is 1. The van der Waals surface area contributed by atoms with Gasteiger partial charge in [0.2, 0.25) is 0 Å². The minimum absolute atomic E-state index is 0.319. The topological polar surface area (TPSA) is 24.1 Å². The van der Waals surface area contributed by atoms with Gasteiger partial charge in [-0.05, 0) is 13.0 Å². The van der Waals surface area contributed by atoms with E-state index in [1.165, 1.54) is 0 Å². The van der Waals surface area contributed by atoms with Crippen molar-refractivity contribution in [3.63, 3.8) is 0 Å². The van der Waals surface area contributed by atoms with Gasteiger partial charge in [-0.1, -0.05) is 0 Å². The molecular formula is C7H10NO+. The molecule has 0 aliphatic rings. The molecule has 0 amide bonds. The van der Waals surface area contributed by atoms with E-state index in [1.807, 2.05) is 25.3 Å². The van der Waals surface area contributed by atoms with E-state index in [1.54, 1.807) is 10.6 Å². The van der Waals surface area contributed by atoms with Crippen molar-refractivity contribution in [1.82, 2.24) is 0 Å². The van der Waals surface area contributed by atoms with Gasteiger partial charge >= 0.3 is 5.88 Å². The van der Waals surface area contributed by atoms with Crippen molar-refractivity contribution in [1.29, 1.82) is 0 Å². The van der Waals surface area contributed by atoms with Crippen LogP contribution >= 0.6 is 0 Å². The summed E-state index contributed by atoms with van der Waals surface area (Å²) in [4.78, 5) is 0. The fourth-order valence-corrected chi connectivity index (χ4v) is 0.735. The van der Waals surface area contributed by atoms with Crippen LogP contribution in [-0.4, -0.2) is 5.11 Å². The first-order chi connectivity index (χ1) is 4.34. The van der Waals surface area contributed by atoms with Crippen molar-refractivity contribution in [2.45, 2.75) is 13.5 Å². The summed E-state index contributed by atoms with van der Waals surface area (Å²) in [6.45, 7) is 2.80. The van der Waals surface area contributed by atoms with Crippen LogP contribution in [0.2, 0.25) is 0 Å². The normalized spacial score (nSPS) is 9.44. The van der Waals surface area contributed by atoms with E-state index in [-0.39, 0.29) is 0 Å². The highest BCUT2D eigenvalue weighted by Crippen LogP contribution is 1.95. The number of rotatable bonds is 1. The molecule has 2 nitrogen and oxygen atoms in total. The van der Waals surface area contributed by atoms with Crippen LogP contribution in [0.4, 0.5) is 0 Å². The number of pyridine rings is 1. The van der Waals surface area contributed by atoms with Gasteiger partial charge in [-0.25, -0.2) is 0 Å². The number of hydrogen-bond acceptors (Lipinski definition) is 1. The fourth-order valence-electron chi connectivity index (χ4n) is 0.735. The molecular weight excluding hydrogens is 114 g/mol. The Labute approximate surface area is 54.4 Å². The molecule has 9 heavy (non-hydrogen) atoms. The summed E-state index contributed by atoms with van der Waals surface area (Å²) < 4.78 is 1.76. The quantitative estimate of drug-likeness (QED) is 0.547. The molecule has 0 atom stereocenters.